The van der Waals surface area contributed by atoms with Crippen molar-refractivity contribution in [1.29, 1.82) is 0 Å². The molecule has 0 aromatic carbocycles. The number of alkyl halides is 3. The maximum absolute atomic E-state index is 12.5. The molecule has 1 aliphatic heterocycles. The van der Waals surface area contributed by atoms with Gasteiger partial charge in [-0.1, -0.05) is 0 Å². The molecule has 0 aliphatic carbocycles. The highest BCUT2D eigenvalue weighted by atomic mass is 19.4. The van der Waals surface area contributed by atoms with Crippen molar-refractivity contribution in [2.75, 3.05) is 13.1 Å². The van der Waals surface area contributed by atoms with Crippen LogP contribution in [0.25, 0.3) is 0 Å². The number of piperidine rings is 1. The third kappa shape index (κ3) is 3.74. The highest BCUT2D eigenvalue weighted by Crippen LogP contribution is 2.27. The summed E-state index contributed by atoms with van der Waals surface area (Å²) < 4.78 is 37.5. The summed E-state index contributed by atoms with van der Waals surface area (Å²) in [6.45, 7) is 1.18. The topological polar surface area (TPSA) is 61.9 Å². The number of carbonyl (C=O) groups is 1. The highest BCUT2D eigenvalue weighted by molar-refractivity contribution is 5.94. The summed E-state index contributed by atoms with van der Waals surface area (Å²) >= 11 is 0. The highest BCUT2D eigenvalue weighted by Gasteiger charge is 2.32. The van der Waals surface area contributed by atoms with Crippen LogP contribution in [0.4, 0.5) is 13.2 Å². The number of amides is 1. The van der Waals surface area contributed by atoms with Crippen LogP contribution in [0.5, 0.6) is 0 Å². The van der Waals surface area contributed by atoms with Crippen molar-refractivity contribution in [3.8, 4) is 0 Å². The normalized spacial score (nSPS) is 16.4. The van der Waals surface area contributed by atoms with E-state index < -0.39 is 11.9 Å². The van der Waals surface area contributed by atoms with Gasteiger partial charge in [0.25, 0.3) is 5.91 Å². The average molecular weight is 338 g/mol. The van der Waals surface area contributed by atoms with Crippen LogP contribution >= 0.6 is 0 Å². The largest absolute Gasteiger partial charge is 0.433 e. The van der Waals surface area contributed by atoms with E-state index in [0.717, 1.165) is 37.4 Å². The maximum Gasteiger partial charge on any atom is 0.433 e. The Bertz CT molecular complexity index is 674. The van der Waals surface area contributed by atoms with Crippen molar-refractivity contribution in [3.63, 3.8) is 0 Å². The van der Waals surface area contributed by atoms with Gasteiger partial charge in [0.1, 0.15) is 11.5 Å². The number of aromatic nitrogens is 3. The molecule has 2 aromatic heterocycles. The van der Waals surface area contributed by atoms with Crippen LogP contribution in [-0.4, -0.2) is 38.8 Å². The lowest BCUT2D eigenvalue weighted by atomic mass is 9.93. The van der Waals surface area contributed by atoms with Gasteiger partial charge in [0, 0.05) is 38.1 Å². The van der Waals surface area contributed by atoms with Gasteiger partial charge in [-0.2, -0.15) is 13.2 Å². The molecular weight excluding hydrogens is 321 g/mol. The summed E-state index contributed by atoms with van der Waals surface area (Å²) in [6.07, 6.45) is 2.54. The van der Waals surface area contributed by atoms with E-state index in [9.17, 15) is 18.0 Å². The van der Waals surface area contributed by atoms with Crippen molar-refractivity contribution < 1.29 is 18.0 Å². The number of halogens is 3. The maximum atomic E-state index is 12.5. The molecule has 1 aliphatic rings. The van der Waals surface area contributed by atoms with E-state index in [0.29, 0.717) is 19.0 Å². The molecule has 5 nitrogen and oxygen atoms in total. The molecule has 2 aromatic rings. The zero-order valence-corrected chi connectivity index (χ0v) is 12.9. The molecular formula is C16H17F3N4O. The fraction of sp³-hybridized carbons (Fsp3) is 0.438. The predicted molar refractivity (Wildman–Crippen MR) is 80.2 cm³/mol. The molecule has 24 heavy (non-hydrogen) atoms. The van der Waals surface area contributed by atoms with Gasteiger partial charge in [-0.3, -0.25) is 9.78 Å². The first kappa shape index (κ1) is 16.5. The van der Waals surface area contributed by atoms with Crippen molar-refractivity contribution >= 4 is 5.91 Å². The van der Waals surface area contributed by atoms with Gasteiger partial charge in [0.2, 0.25) is 0 Å². The quantitative estimate of drug-likeness (QED) is 0.936. The Hall–Kier alpha value is -2.38. The number of hydrogen-bond acceptors (Lipinski definition) is 3. The molecule has 0 unspecified atom stereocenters. The first-order valence-electron chi connectivity index (χ1n) is 7.74. The van der Waals surface area contributed by atoms with E-state index in [-0.39, 0.29) is 11.5 Å². The molecule has 128 valence electrons. The van der Waals surface area contributed by atoms with Crippen molar-refractivity contribution in [3.05, 3.63) is 47.8 Å². The van der Waals surface area contributed by atoms with Gasteiger partial charge in [-0.05, 0) is 30.9 Å². The molecule has 1 saturated heterocycles. The van der Waals surface area contributed by atoms with Crippen LogP contribution in [0, 0.1) is 5.92 Å². The third-order valence-corrected chi connectivity index (χ3v) is 4.24. The zero-order valence-electron chi connectivity index (χ0n) is 12.9. The molecule has 0 spiro atoms. The van der Waals surface area contributed by atoms with Crippen LogP contribution < -0.4 is 0 Å². The fourth-order valence-corrected chi connectivity index (χ4v) is 2.89. The van der Waals surface area contributed by atoms with Crippen LogP contribution in [-0.2, 0) is 12.6 Å². The van der Waals surface area contributed by atoms with Crippen LogP contribution in [0.15, 0.2) is 30.7 Å². The summed E-state index contributed by atoms with van der Waals surface area (Å²) in [5, 5.41) is 0. The second kappa shape index (κ2) is 6.62. The van der Waals surface area contributed by atoms with E-state index in [4.69, 9.17) is 0 Å². The second-order valence-corrected chi connectivity index (χ2v) is 5.91. The molecule has 1 N–H and O–H groups in total. The summed E-state index contributed by atoms with van der Waals surface area (Å²) in [4.78, 5) is 24.7. The number of aromatic amines is 1. The van der Waals surface area contributed by atoms with Gasteiger partial charge in [-0.15, -0.1) is 0 Å². The Morgan fingerprint density at radius 2 is 2.00 bits per heavy atom. The number of pyridine rings is 1. The van der Waals surface area contributed by atoms with E-state index >= 15 is 0 Å². The minimum atomic E-state index is -4.49. The Morgan fingerprint density at radius 1 is 1.25 bits per heavy atom. The minimum absolute atomic E-state index is 0.187. The lowest BCUT2D eigenvalue weighted by Gasteiger charge is -2.31. The molecule has 0 saturated carbocycles. The van der Waals surface area contributed by atoms with Crippen molar-refractivity contribution in [2.24, 2.45) is 5.92 Å². The van der Waals surface area contributed by atoms with E-state index in [2.05, 4.69) is 15.0 Å². The van der Waals surface area contributed by atoms with Crippen LogP contribution in [0.2, 0.25) is 0 Å². The van der Waals surface area contributed by atoms with E-state index in [1.165, 1.54) is 6.07 Å². The first-order valence-corrected chi connectivity index (χ1v) is 7.74. The minimum Gasteiger partial charge on any atom is -0.349 e. The summed E-state index contributed by atoms with van der Waals surface area (Å²) in [6, 6.07) is 2.03. The van der Waals surface area contributed by atoms with Crippen molar-refractivity contribution in [1.82, 2.24) is 19.9 Å². The SMILES string of the molecule is O=C(c1ccc(C(F)(F)F)nc1)N1CCC(Cc2ncc[nH]2)CC1. The smallest absolute Gasteiger partial charge is 0.349 e. The molecule has 1 fully saturated rings. The third-order valence-electron chi connectivity index (χ3n) is 4.24. The summed E-state index contributed by atoms with van der Waals surface area (Å²) in [7, 11) is 0. The molecule has 0 radical (unpaired) electrons. The van der Waals surface area contributed by atoms with Crippen molar-refractivity contribution in [2.45, 2.75) is 25.4 Å². The molecule has 0 bridgehead atoms. The van der Waals surface area contributed by atoms with Crippen LogP contribution in [0.1, 0.15) is 34.7 Å². The summed E-state index contributed by atoms with van der Waals surface area (Å²) in [5.74, 6) is 1.12. The predicted octanol–water partition coefficient (Wildman–Crippen LogP) is 2.92. The summed E-state index contributed by atoms with van der Waals surface area (Å²) in [5.41, 5.74) is -0.802. The number of rotatable bonds is 3. The Kier molecular flexibility index (Phi) is 4.55. The Morgan fingerprint density at radius 3 is 2.54 bits per heavy atom. The van der Waals surface area contributed by atoms with Gasteiger partial charge in [0.15, 0.2) is 0 Å². The van der Waals surface area contributed by atoms with Gasteiger partial charge < -0.3 is 9.88 Å². The number of nitrogens with zero attached hydrogens (tertiary/aromatic N) is 3. The molecule has 3 heterocycles. The number of hydrogen-bond donors (Lipinski definition) is 1. The monoisotopic (exact) mass is 338 g/mol. The van der Waals surface area contributed by atoms with E-state index in [1.54, 1.807) is 17.3 Å². The lowest BCUT2D eigenvalue weighted by molar-refractivity contribution is -0.141. The zero-order chi connectivity index (χ0) is 17.2. The Balaban J connectivity index is 1.57. The molecule has 8 heteroatoms. The van der Waals surface area contributed by atoms with Gasteiger partial charge >= 0.3 is 6.18 Å². The molecule has 0 atom stereocenters. The first-order chi connectivity index (χ1) is 11.4. The number of carbonyl (C=O) groups excluding carboxylic acids is 1. The average Bonchev–Trinajstić information content (AvgIpc) is 3.07. The van der Waals surface area contributed by atoms with E-state index in [1.807, 2.05) is 0 Å². The Labute approximate surface area is 136 Å². The van der Waals surface area contributed by atoms with Gasteiger partial charge in [0.05, 0.1) is 5.56 Å². The number of imidazole rings is 1. The molecule has 3 rings (SSSR count). The fourth-order valence-electron chi connectivity index (χ4n) is 2.89. The standard InChI is InChI=1S/C16H17F3N4O/c17-16(18,19)13-2-1-12(10-22-13)15(24)23-7-3-11(4-8-23)9-14-20-5-6-21-14/h1-2,5-6,10-11H,3-4,7-9H2,(H,20,21). The second-order valence-electron chi connectivity index (χ2n) is 5.91. The number of nitrogens with one attached hydrogen (secondary N) is 1. The van der Waals surface area contributed by atoms with Crippen LogP contribution in [0.3, 0.4) is 0 Å². The number of likely N-dealkylation sites (tertiary alicyclic amines) is 1. The molecule has 1 amide bonds. The number of H-pyrrole nitrogens is 1. The van der Waals surface area contributed by atoms with Gasteiger partial charge in [-0.25, -0.2) is 4.98 Å². The lowest BCUT2D eigenvalue weighted by Crippen LogP contribution is -2.39.